The standard InChI is InChI=1S/C18H17FN2/c1-12-11-13(7-8-16(12)19)18(20-2)15-9-10-21-17-6-4-3-5-14(15)17/h3-11,18,20H,1-2H3. The van der Waals surface area contributed by atoms with Gasteiger partial charge in [-0.15, -0.1) is 0 Å². The van der Waals surface area contributed by atoms with E-state index in [0.29, 0.717) is 5.56 Å². The molecule has 3 heteroatoms. The SMILES string of the molecule is CNC(c1ccc(F)c(C)c1)c1ccnc2ccccc12. The zero-order valence-electron chi connectivity index (χ0n) is 12.1. The largest absolute Gasteiger partial charge is 0.309 e. The van der Waals surface area contributed by atoms with E-state index in [4.69, 9.17) is 0 Å². The molecule has 106 valence electrons. The molecule has 2 aromatic carbocycles. The van der Waals surface area contributed by atoms with Gasteiger partial charge in [-0.1, -0.05) is 30.3 Å². The average Bonchev–Trinajstić information content (AvgIpc) is 2.52. The average molecular weight is 280 g/mol. The Morgan fingerprint density at radius 3 is 2.67 bits per heavy atom. The molecular weight excluding hydrogens is 263 g/mol. The van der Waals surface area contributed by atoms with Crippen LogP contribution in [0.3, 0.4) is 0 Å². The molecule has 1 atom stereocenters. The van der Waals surface area contributed by atoms with Crippen LogP contribution in [-0.2, 0) is 0 Å². The fourth-order valence-corrected chi connectivity index (χ4v) is 2.72. The Balaban J connectivity index is 2.16. The summed E-state index contributed by atoms with van der Waals surface area (Å²) in [6, 6.07) is 15.3. The summed E-state index contributed by atoms with van der Waals surface area (Å²) in [7, 11) is 1.92. The Morgan fingerprint density at radius 1 is 1.10 bits per heavy atom. The highest BCUT2D eigenvalue weighted by molar-refractivity contribution is 5.82. The van der Waals surface area contributed by atoms with Crippen molar-refractivity contribution in [3.05, 3.63) is 77.2 Å². The molecule has 0 saturated heterocycles. The second-order valence-electron chi connectivity index (χ2n) is 5.15. The Morgan fingerprint density at radius 2 is 1.90 bits per heavy atom. The van der Waals surface area contributed by atoms with E-state index in [1.165, 1.54) is 6.07 Å². The van der Waals surface area contributed by atoms with E-state index in [1.54, 1.807) is 6.92 Å². The van der Waals surface area contributed by atoms with Gasteiger partial charge in [0.15, 0.2) is 0 Å². The molecule has 0 amide bonds. The van der Waals surface area contributed by atoms with Gasteiger partial charge in [0.05, 0.1) is 11.6 Å². The highest BCUT2D eigenvalue weighted by Crippen LogP contribution is 2.28. The van der Waals surface area contributed by atoms with Crippen LogP contribution in [0.15, 0.2) is 54.7 Å². The van der Waals surface area contributed by atoms with Crippen molar-refractivity contribution in [1.29, 1.82) is 0 Å². The topological polar surface area (TPSA) is 24.9 Å². The van der Waals surface area contributed by atoms with Gasteiger partial charge in [-0.05, 0) is 48.9 Å². The van der Waals surface area contributed by atoms with Crippen molar-refractivity contribution < 1.29 is 4.39 Å². The van der Waals surface area contributed by atoms with Gasteiger partial charge in [0.25, 0.3) is 0 Å². The molecule has 1 unspecified atom stereocenters. The monoisotopic (exact) mass is 280 g/mol. The van der Waals surface area contributed by atoms with Crippen LogP contribution < -0.4 is 5.32 Å². The minimum atomic E-state index is -0.173. The first kappa shape index (κ1) is 13.7. The number of aromatic nitrogens is 1. The lowest BCUT2D eigenvalue weighted by Crippen LogP contribution is -2.18. The smallest absolute Gasteiger partial charge is 0.126 e. The molecule has 0 aliphatic heterocycles. The lowest BCUT2D eigenvalue weighted by atomic mass is 9.95. The maximum atomic E-state index is 13.5. The van der Waals surface area contributed by atoms with Crippen molar-refractivity contribution in [3.63, 3.8) is 0 Å². The number of fused-ring (bicyclic) bond motifs is 1. The molecule has 3 rings (SSSR count). The first-order chi connectivity index (χ1) is 10.2. The summed E-state index contributed by atoms with van der Waals surface area (Å²) in [6.07, 6.45) is 1.82. The predicted octanol–water partition coefficient (Wildman–Crippen LogP) is 3.99. The molecule has 0 spiro atoms. The Hall–Kier alpha value is -2.26. The summed E-state index contributed by atoms with van der Waals surface area (Å²) in [5.74, 6) is -0.173. The minimum Gasteiger partial charge on any atom is -0.309 e. The Bertz CT molecular complexity index is 778. The van der Waals surface area contributed by atoms with E-state index < -0.39 is 0 Å². The van der Waals surface area contributed by atoms with Crippen LogP contribution in [0.1, 0.15) is 22.7 Å². The summed E-state index contributed by atoms with van der Waals surface area (Å²) < 4.78 is 13.5. The summed E-state index contributed by atoms with van der Waals surface area (Å²) in [4.78, 5) is 4.40. The minimum absolute atomic E-state index is 0.0113. The van der Waals surface area contributed by atoms with Gasteiger partial charge < -0.3 is 5.32 Å². The van der Waals surface area contributed by atoms with Gasteiger partial charge in [0.1, 0.15) is 5.82 Å². The van der Waals surface area contributed by atoms with Crippen molar-refractivity contribution in [2.45, 2.75) is 13.0 Å². The molecule has 3 aromatic rings. The van der Waals surface area contributed by atoms with Crippen molar-refractivity contribution in [3.8, 4) is 0 Å². The van der Waals surface area contributed by atoms with Gasteiger partial charge in [0, 0.05) is 11.6 Å². The second kappa shape index (κ2) is 5.62. The van der Waals surface area contributed by atoms with Gasteiger partial charge in [-0.25, -0.2) is 4.39 Å². The number of pyridine rings is 1. The van der Waals surface area contributed by atoms with E-state index in [2.05, 4.69) is 16.4 Å². The fourth-order valence-electron chi connectivity index (χ4n) is 2.72. The van der Waals surface area contributed by atoms with E-state index >= 15 is 0 Å². The second-order valence-corrected chi connectivity index (χ2v) is 5.15. The van der Waals surface area contributed by atoms with Crippen LogP contribution in [0, 0.1) is 12.7 Å². The summed E-state index contributed by atoms with van der Waals surface area (Å²) in [5, 5.41) is 4.44. The molecule has 0 aliphatic rings. The molecule has 0 bridgehead atoms. The zero-order valence-corrected chi connectivity index (χ0v) is 12.1. The third-order valence-electron chi connectivity index (χ3n) is 3.80. The van der Waals surface area contributed by atoms with Crippen LogP contribution >= 0.6 is 0 Å². The highest BCUT2D eigenvalue weighted by atomic mass is 19.1. The third kappa shape index (κ3) is 2.52. The summed E-state index contributed by atoms with van der Waals surface area (Å²) >= 11 is 0. The summed E-state index contributed by atoms with van der Waals surface area (Å²) in [5.41, 5.74) is 3.82. The van der Waals surface area contributed by atoms with Crippen LogP contribution in [0.5, 0.6) is 0 Å². The maximum absolute atomic E-state index is 13.5. The third-order valence-corrected chi connectivity index (χ3v) is 3.80. The number of nitrogens with zero attached hydrogens (tertiary/aromatic N) is 1. The Labute approximate surface area is 123 Å². The molecule has 0 saturated carbocycles. The number of aryl methyl sites for hydroxylation is 1. The number of hydrogen-bond acceptors (Lipinski definition) is 2. The van der Waals surface area contributed by atoms with E-state index in [0.717, 1.165) is 22.0 Å². The molecule has 0 aliphatic carbocycles. The molecule has 2 nitrogen and oxygen atoms in total. The van der Waals surface area contributed by atoms with Gasteiger partial charge in [0.2, 0.25) is 0 Å². The number of nitrogens with one attached hydrogen (secondary N) is 1. The van der Waals surface area contributed by atoms with E-state index in [-0.39, 0.29) is 11.9 Å². The predicted molar refractivity (Wildman–Crippen MR) is 83.8 cm³/mol. The van der Waals surface area contributed by atoms with Crippen LogP contribution in [0.25, 0.3) is 10.9 Å². The van der Waals surface area contributed by atoms with Crippen molar-refractivity contribution in [2.75, 3.05) is 7.05 Å². The van der Waals surface area contributed by atoms with Crippen molar-refractivity contribution in [2.24, 2.45) is 0 Å². The molecular formula is C18H17FN2. The van der Waals surface area contributed by atoms with E-state index in [1.807, 2.05) is 49.6 Å². The lowest BCUT2D eigenvalue weighted by Gasteiger charge is -2.19. The van der Waals surface area contributed by atoms with Gasteiger partial charge in [-0.2, -0.15) is 0 Å². The van der Waals surface area contributed by atoms with Crippen molar-refractivity contribution in [1.82, 2.24) is 10.3 Å². The fraction of sp³-hybridized carbons (Fsp3) is 0.167. The maximum Gasteiger partial charge on any atom is 0.126 e. The number of rotatable bonds is 3. The zero-order chi connectivity index (χ0) is 14.8. The van der Waals surface area contributed by atoms with Crippen LogP contribution in [0.4, 0.5) is 4.39 Å². The van der Waals surface area contributed by atoms with Gasteiger partial charge >= 0.3 is 0 Å². The normalized spacial score (nSPS) is 12.5. The van der Waals surface area contributed by atoms with Crippen molar-refractivity contribution >= 4 is 10.9 Å². The molecule has 21 heavy (non-hydrogen) atoms. The number of hydrogen-bond donors (Lipinski definition) is 1. The first-order valence-electron chi connectivity index (χ1n) is 6.97. The highest BCUT2D eigenvalue weighted by Gasteiger charge is 2.15. The van der Waals surface area contributed by atoms with Crippen LogP contribution in [0.2, 0.25) is 0 Å². The molecule has 1 N–H and O–H groups in total. The van der Waals surface area contributed by atoms with E-state index in [9.17, 15) is 4.39 Å². The lowest BCUT2D eigenvalue weighted by molar-refractivity contribution is 0.614. The van der Waals surface area contributed by atoms with Gasteiger partial charge in [-0.3, -0.25) is 4.98 Å². The van der Waals surface area contributed by atoms with Crippen LogP contribution in [-0.4, -0.2) is 12.0 Å². The molecule has 1 heterocycles. The Kier molecular flexibility index (Phi) is 3.67. The first-order valence-corrected chi connectivity index (χ1v) is 6.97. The quantitative estimate of drug-likeness (QED) is 0.784. The molecule has 0 radical (unpaired) electrons. The molecule has 1 aromatic heterocycles. The number of halogens is 1. The number of benzene rings is 2. The summed E-state index contributed by atoms with van der Waals surface area (Å²) in [6.45, 7) is 1.79. The molecule has 0 fully saturated rings. The number of para-hydroxylation sites is 1.